The molecule has 110 valence electrons. The van der Waals surface area contributed by atoms with E-state index in [9.17, 15) is 0 Å². The molecular weight excluding hydrogens is 260 g/mol. The molecule has 1 N–H and O–H groups in total. The van der Waals surface area contributed by atoms with Crippen molar-refractivity contribution in [2.75, 3.05) is 43.0 Å². The van der Waals surface area contributed by atoms with Crippen LogP contribution in [0.3, 0.4) is 0 Å². The smallest absolute Gasteiger partial charge is 0.0599 e. The Bertz CT molecular complexity index is 562. The molecule has 1 aromatic carbocycles. The second-order valence-electron chi connectivity index (χ2n) is 5.34. The van der Waals surface area contributed by atoms with Crippen LogP contribution in [0.15, 0.2) is 48.8 Å². The molecule has 1 fully saturated rings. The predicted octanol–water partition coefficient (Wildman–Crippen LogP) is 2.13. The molecule has 0 spiro atoms. The molecule has 0 aliphatic carbocycles. The number of pyridine rings is 1. The molecule has 1 aliphatic heterocycles. The summed E-state index contributed by atoms with van der Waals surface area (Å²) in [7, 11) is 1.98. The van der Waals surface area contributed by atoms with E-state index in [4.69, 9.17) is 0 Å². The Hall–Kier alpha value is -2.07. The van der Waals surface area contributed by atoms with Crippen molar-refractivity contribution < 1.29 is 0 Å². The van der Waals surface area contributed by atoms with E-state index in [1.807, 2.05) is 19.4 Å². The van der Waals surface area contributed by atoms with Crippen molar-refractivity contribution in [3.8, 4) is 0 Å². The number of benzene rings is 1. The van der Waals surface area contributed by atoms with Crippen molar-refractivity contribution >= 4 is 11.4 Å². The van der Waals surface area contributed by atoms with Gasteiger partial charge in [0, 0.05) is 44.6 Å². The fourth-order valence-corrected chi connectivity index (χ4v) is 2.88. The van der Waals surface area contributed by atoms with Gasteiger partial charge in [-0.05, 0) is 30.8 Å². The van der Waals surface area contributed by atoms with Crippen molar-refractivity contribution in [2.24, 2.45) is 0 Å². The van der Waals surface area contributed by atoms with Crippen LogP contribution in [0.4, 0.5) is 11.4 Å². The lowest BCUT2D eigenvalue weighted by molar-refractivity contribution is 0.648. The van der Waals surface area contributed by atoms with Gasteiger partial charge >= 0.3 is 0 Å². The molecule has 3 rings (SSSR count). The summed E-state index contributed by atoms with van der Waals surface area (Å²) in [6.45, 7) is 5.07. The molecule has 1 aromatic heterocycles. The highest BCUT2D eigenvalue weighted by Crippen LogP contribution is 2.22. The van der Waals surface area contributed by atoms with E-state index >= 15 is 0 Å². The Morgan fingerprint density at radius 1 is 1.00 bits per heavy atom. The lowest BCUT2D eigenvalue weighted by atomic mass is 10.1. The molecular formula is C17H22N4. The standard InChI is InChI=1S/C17H22N4/c1-18-13-15-7-8-19-14-17(15)21-11-9-20(10-12-21)16-5-3-2-4-6-16/h2-8,14,18H,9-13H2,1H3. The first-order valence-corrected chi connectivity index (χ1v) is 7.51. The van der Waals surface area contributed by atoms with Gasteiger partial charge in [0.25, 0.3) is 0 Å². The number of nitrogens with one attached hydrogen (secondary N) is 1. The highest BCUT2D eigenvalue weighted by Gasteiger charge is 2.19. The first-order chi connectivity index (χ1) is 10.4. The van der Waals surface area contributed by atoms with Gasteiger partial charge < -0.3 is 15.1 Å². The molecule has 4 nitrogen and oxygen atoms in total. The van der Waals surface area contributed by atoms with Gasteiger partial charge in [0.2, 0.25) is 0 Å². The van der Waals surface area contributed by atoms with Crippen molar-refractivity contribution in [3.05, 3.63) is 54.4 Å². The average molecular weight is 282 g/mol. The zero-order valence-electron chi connectivity index (χ0n) is 12.5. The molecule has 4 heteroatoms. The van der Waals surface area contributed by atoms with Crippen LogP contribution in [-0.2, 0) is 6.54 Å². The predicted molar refractivity (Wildman–Crippen MR) is 87.9 cm³/mol. The third-order valence-corrected chi connectivity index (χ3v) is 4.00. The first-order valence-electron chi connectivity index (χ1n) is 7.51. The molecule has 0 saturated carbocycles. The van der Waals surface area contributed by atoms with E-state index in [0.717, 1.165) is 32.7 Å². The van der Waals surface area contributed by atoms with Crippen molar-refractivity contribution in [1.29, 1.82) is 0 Å². The maximum absolute atomic E-state index is 4.30. The van der Waals surface area contributed by atoms with Crippen LogP contribution in [0.25, 0.3) is 0 Å². The van der Waals surface area contributed by atoms with Crippen LogP contribution in [-0.4, -0.2) is 38.2 Å². The van der Waals surface area contributed by atoms with Gasteiger partial charge in [-0.3, -0.25) is 4.98 Å². The summed E-state index contributed by atoms with van der Waals surface area (Å²) in [6, 6.07) is 12.8. The van der Waals surface area contributed by atoms with Crippen molar-refractivity contribution in [2.45, 2.75) is 6.54 Å². The molecule has 0 atom stereocenters. The zero-order chi connectivity index (χ0) is 14.5. The summed E-state index contributed by atoms with van der Waals surface area (Å²) in [6.07, 6.45) is 3.86. The number of aromatic nitrogens is 1. The van der Waals surface area contributed by atoms with E-state index in [-0.39, 0.29) is 0 Å². The monoisotopic (exact) mass is 282 g/mol. The number of piperazine rings is 1. The molecule has 0 amide bonds. The number of hydrogen-bond donors (Lipinski definition) is 1. The SMILES string of the molecule is CNCc1ccncc1N1CCN(c2ccccc2)CC1. The average Bonchev–Trinajstić information content (AvgIpc) is 2.57. The van der Waals surface area contributed by atoms with Gasteiger partial charge in [0.05, 0.1) is 11.9 Å². The quantitative estimate of drug-likeness (QED) is 0.931. The van der Waals surface area contributed by atoms with Gasteiger partial charge in [0.15, 0.2) is 0 Å². The topological polar surface area (TPSA) is 31.4 Å². The molecule has 2 aromatic rings. The fraction of sp³-hybridized carbons (Fsp3) is 0.353. The minimum absolute atomic E-state index is 0.886. The van der Waals surface area contributed by atoms with Gasteiger partial charge in [-0.25, -0.2) is 0 Å². The van der Waals surface area contributed by atoms with Crippen LogP contribution in [0.1, 0.15) is 5.56 Å². The number of anilines is 2. The molecule has 1 saturated heterocycles. The molecule has 1 aliphatic rings. The second kappa shape index (κ2) is 6.59. The number of rotatable bonds is 4. The van der Waals surface area contributed by atoms with Crippen LogP contribution in [0, 0.1) is 0 Å². The maximum atomic E-state index is 4.30. The van der Waals surface area contributed by atoms with Crippen molar-refractivity contribution in [1.82, 2.24) is 10.3 Å². The van der Waals surface area contributed by atoms with Gasteiger partial charge in [0.1, 0.15) is 0 Å². The van der Waals surface area contributed by atoms with E-state index in [1.54, 1.807) is 0 Å². The fourth-order valence-electron chi connectivity index (χ4n) is 2.88. The van der Waals surface area contributed by atoms with E-state index in [0.29, 0.717) is 0 Å². The Morgan fingerprint density at radius 3 is 2.43 bits per heavy atom. The third-order valence-electron chi connectivity index (χ3n) is 4.00. The third kappa shape index (κ3) is 3.16. The van der Waals surface area contributed by atoms with Crippen LogP contribution >= 0.6 is 0 Å². The highest BCUT2D eigenvalue weighted by atomic mass is 15.3. The molecule has 0 unspecified atom stereocenters. The van der Waals surface area contributed by atoms with E-state index in [2.05, 4.69) is 56.5 Å². The number of para-hydroxylation sites is 1. The Morgan fingerprint density at radius 2 is 1.71 bits per heavy atom. The minimum Gasteiger partial charge on any atom is -0.368 e. The summed E-state index contributed by atoms with van der Waals surface area (Å²) >= 11 is 0. The van der Waals surface area contributed by atoms with Crippen LogP contribution in [0.5, 0.6) is 0 Å². The molecule has 0 radical (unpaired) electrons. The lowest BCUT2D eigenvalue weighted by Crippen LogP contribution is -2.47. The van der Waals surface area contributed by atoms with E-state index < -0.39 is 0 Å². The largest absolute Gasteiger partial charge is 0.368 e. The summed E-state index contributed by atoms with van der Waals surface area (Å²) in [5.74, 6) is 0. The highest BCUT2D eigenvalue weighted by molar-refractivity contribution is 5.54. The molecule has 0 bridgehead atoms. The van der Waals surface area contributed by atoms with Gasteiger partial charge in [-0.15, -0.1) is 0 Å². The maximum Gasteiger partial charge on any atom is 0.0599 e. The van der Waals surface area contributed by atoms with Crippen molar-refractivity contribution in [3.63, 3.8) is 0 Å². The molecule has 2 heterocycles. The van der Waals surface area contributed by atoms with E-state index in [1.165, 1.54) is 16.9 Å². The minimum atomic E-state index is 0.886. The summed E-state index contributed by atoms with van der Waals surface area (Å²) in [5, 5.41) is 3.23. The van der Waals surface area contributed by atoms with Gasteiger partial charge in [-0.1, -0.05) is 18.2 Å². The van der Waals surface area contributed by atoms with Crippen LogP contribution < -0.4 is 15.1 Å². The van der Waals surface area contributed by atoms with Gasteiger partial charge in [-0.2, -0.15) is 0 Å². The Kier molecular flexibility index (Phi) is 4.36. The second-order valence-corrected chi connectivity index (χ2v) is 5.34. The normalized spacial score (nSPS) is 15.3. The summed E-state index contributed by atoms with van der Waals surface area (Å²) in [5.41, 5.74) is 3.90. The first kappa shape index (κ1) is 13.9. The number of hydrogen-bond acceptors (Lipinski definition) is 4. The Labute approximate surface area is 126 Å². The Balaban J connectivity index is 1.69. The number of nitrogens with zero attached hydrogens (tertiary/aromatic N) is 3. The molecule has 21 heavy (non-hydrogen) atoms. The summed E-state index contributed by atoms with van der Waals surface area (Å²) in [4.78, 5) is 9.19. The summed E-state index contributed by atoms with van der Waals surface area (Å²) < 4.78 is 0. The lowest BCUT2D eigenvalue weighted by Gasteiger charge is -2.38. The van der Waals surface area contributed by atoms with Crippen LogP contribution in [0.2, 0.25) is 0 Å². The zero-order valence-corrected chi connectivity index (χ0v) is 12.5.